The maximum Gasteiger partial charge on any atom is 0.150 e. The van der Waals surface area contributed by atoms with Crippen LogP contribution < -0.4 is 0 Å². The second-order valence-electron chi connectivity index (χ2n) is 3.41. The smallest absolute Gasteiger partial charge is 0.150 e. The lowest BCUT2D eigenvalue weighted by Crippen LogP contribution is -1.83. The van der Waals surface area contributed by atoms with Crippen molar-refractivity contribution >= 4 is 44.8 Å². The van der Waals surface area contributed by atoms with Crippen LogP contribution in [0.3, 0.4) is 0 Å². The van der Waals surface area contributed by atoms with Crippen LogP contribution >= 0.6 is 34.5 Å². The highest BCUT2D eigenvalue weighted by atomic mass is 35.5. The van der Waals surface area contributed by atoms with Crippen molar-refractivity contribution in [1.29, 1.82) is 0 Å². The molecule has 1 aliphatic carbocycles. The van der Waals surface area contributed by atoms with Gasteiger partial charge in [-0.3, -0.25) is 0 Å². The molecule has 1 aliphatic rings. The van der Waals surface area contributed by atoms with Gasteiger partial charge in [-0.25, -0.2) is 9.97 Å². The first-order valence-corrected chi connectivity index (χ1v) is 5.93. The zero-order valence-corrected chi connectivity index (χ0v) is 9.46. The van der Waals surface area contributed by atoms with Crippen LogP contribution in [0, 0.1) is 0 Å². The highest BCUT2D eigenvalue weighted by molar-refractivity contribution is 7.23. The van der Waals surface area contributed by atoms with Crippen LogP contribution in [0.1, 0.15) is 24.3 Å². The number of rotatable bonds is 1. The molecule has 0 aliphatic heterocycles. The summed E-state index contributed by atoms with van der Waals surface area (Å²) in [6.45, 7) is 0. The number of nitrogens with zero attached hydrogens (tertiary/aromatic N) is 2. The Hall–Kier alpha value is -0.380. The van der Waals surface area contributed by atoms with Crippen LogP contribution in [0.15, 0.2) is 6.33 Å². The predicted octanol–water partition coefficient (Wildman–Crippen LogP) is 3.88. The van der Waals surface area contributed by atoms with Crippen LogP contribution in [0.2, 0.25) is 9.49 Å². The van der Waals surface area contributed by atoms with E-state index in [1.54, 1.807) is 0 Å². The van der Waals surface area contributed by atoms with Crippen molar-refractivity contribution in [1.82, 2.24) is 9.97 Å². The van der Waals surface area contributed by atoms with E-state index in [4.69, 9.17) is 23.2 Å². The minimum Gasteiger partial charge on any atom is -0.235 e. The molecule has 2 heterocycles. The van der Waals surface area contributed by atoms with Gasteiger partial charge >= 0.3 is 0 Å². The molecule has 0 saturated heterocycles. The Bertz CT molecular complexity index is 505. The largest absolute Gasteiger partial charge is 0.235 e. The Balaban J connectivity index is 2.37. The van der Waals surface area contributed by atoms with Gasteiger partial charge in [-0.05, 0) is 18.8 Å². The van der Waals surface area contributed by atoms with Gasteiger partial charge in [0.05, 0.1) is 14.6 Å². The van der Waals surface area contributed by atoms with Gasteiger partial charge in [0.15, 0.2) is 0 Å². The Morgan fingerprint density at radius 3 is 2.79 bits per heavy atom. The van der Waals surface area contributed by atoms with Crippen LogP contribution in [0.25, 0.3) is 10.2 Å². The average Bonchev–Trinajstić information content (AvgIpc) is 2.91. The van der Waals surface area contributed by atoms with Gasteiger partial charge in [-0.2, -0.15) is 0 Å². The molecule has 0 spiro atoms. The van der Waals surface area contributed by atoms with Gasteiger partial charge in [0, 0.05) is 5.56 Å². The number of hydrogen-bond acceptors (Lipinski definition) is 3. The van der Waals surface area contributed by atoms with Crippen molar-refractivity contribution < 1.29 is 0 Å². The molecule has 14 heavy (non-hydrogen) atoms. The van der Waals surface area contributed by atoms with E-state index >= 15 is 0 Å². The molecule has 1 saturated carbocycles. The first kappa shape index (κ1) is 8.89. The fraction of sp³-hybridized carbons (Fsp3) is 0.333. The quantitative estimate of drug-likeness (QED) is 0.712. The number of hydrogen-bond donors (Lipinski definition) is 0. The third-order valence-corrected chi connectivity index (χ3v) is 4.23. The standard InChI is InChI=1S/C9H6Cl2N2S/c10-8-7-6(12-3-13-8)5(4-1-2-4)9(11)14-7/h3-4H,1-2H2. The second kappa shape index (κ2) is 3.05. The predicted molar refractivity (Wildman–Crippen MR) is 59.4 cm³/mol. The number of halogens is 2. The Kier molecular flexibility index (Phi) is 1.94. The number of aromatic nitrogens is 2. The second-order valence-corrected chi connectivity index (χ2v) is 5.39. The van der Waals surface area contributed by atoms with E-state index < -0.39 is 0 Å². The minimum absolute atomic E-state index is 0.508. The Labute approximate surface area is 94.9 Å². The van der Waals surface area contributed by atoms with Gasteiger partial charge in [0.25, 0.3) is 0 Å². The molecule has 0 amide bonds. The molecule has 72 valence electrons. The molecule has 0 unspecified atom stereocenters. The Morgan fingerprint density at radius 2 is 2.07 bits per heavy atom. The molecule has 0 radical (unpaired) electrons. The molecule has 1 fully saturated rings. The SMILES string of the molecule is Clc1sc2c(Cl)ncnc2c1C1CC1. The maximum atomic E-state index is 6.17. The first-order valence-electron chi connectivity index (χ1n) is 4.35. The third kappa shape index (κ3) is 1.23. The van der Waals surface area contributed by atoms with E-state index in [0.29, 0.717) is 11.1 Å². The van der Waals surface area contributed by atoms with Crippen LogP contribution in [-0.4, -0.2) is 9.97 Å². The van der Waals surface area contributed by atoms with Crippen molar-refractivity contribution in [2.24, 2.45) is 0 Å². The van der Waals surface area contributed by atoms with Crippen LogP contribution in [-0.2, 0) is 0 Å². The van der Waals surface area contributed by atoms with Gasteiger partial charge in [0.2, 0.25) is 0 Å². The molecule has 2 aromatic rings. The summed E-state index contributed by atoms with van der Waals surface area (Å²) in [5.74, 6) is 0.599. The van der Waals surface area contributed by atoms with E-state index in [9.17, 15) is 0 Å². The van der Waals surface area contributed by atoms with Crippen molar-refractivity contribution in [3.63, 3.8) is 0 Å². The molecule has 5 heteroatoms. The Morgan fingerprint density at radius 1 is 1.29 bits per heavy atom. The van der Waals surface area contributed by atoms with Crippen LogP contribution in [0.5, 0.6) is 0 Å². The van der Waals surface area contributed by atoms with Crippen molar-refractivity contribution in [3.8, 4) is 0 Å². The minimum atomic E-state index is 0.508. The zero-order chi connectivity index (χ0) is 9.71. The molecule has 3 rings (SSSR count). The lowest BCUT2D eigenvalue weighted by Gasteiger charge is -1.95. The van der Waals surface area contributed by atoms with E-state index in [2.05, 4.69) is 9.97 Å². The fourth-order valence-electron chi connectivity index (χ4n) is 1.60. The topological polar surface area (TPSA) is 25.8 Å². The molecular formula is C9H6Cl2N2S. The highest BCUT2D eigenvalue weighted by Gasteiger charge is 2.30. The highest BCUT2D eigenvalue weighted by Crippen LogP contribution is 2.49. The van der Waals surface area contributed by atoms with Crippen LogP contribution in [0.4, 0.5) is 0 Å². The molecule has 0 N–H and O–H groups in total. The summed E-state index contributed by atoms with van der Waals surface area (Å²) in [5.41, 5.74) is 2.12. The monoisotopic (exact) mass is 244 g/mol. The molecular weight excluding hydrogens is 239 g/mol. The normalized spacial score (nSPS) is 16.4. The molecule has 0 bridgehead atoms. The van der Waals surface area contributed by atoms with Crippen molar-refractivity contribution in [2.45, 2.75) is 18.8 Å². The van der Waals surface area contributed by atoms with Crippen molar-refractivity contribution in [3.05, 3.63) is 21.4 Å². The first-order chi connectivity index (χ1) is 6.77. The number of fused-ring (bicyclic) bond motifs is 1. The summed E-state index contributed by atoms with van der Waals surface area (Å²) >= 11 is 13.6. The van der Waals surface area contributed by atoms with Gasteiger partial charge in [-0.15, -0.1) is 11.3 Å². The summed E-state index contributed by atoms with van der Waals surface area (Å²) in [6.07, 6.45) is 3.93. The summed E-state index contributed by atoms with van der Waals surface area (Å²) in [6, 6.07) is 0. The zero-order valence-electron chi connectivity index (χ0n) is 7.13. The maximum absolute atomic E-state index is 6.17. The molecule has 2 aromatic heterocycles. The van der Waals surface area contributed by atoms with E-state index in [1.807, 2.05) is 0 Å². The summed E-state index contributed by atoms with van der Waals surface area (Å²) in [4.78, 5) is 8.20. The molecule has 0 atom stereocenters. The molecule has 0 aromatic carbocycles. The molecule has 2 nitrogen and oxygen atoms in total. The lowest BCUT2D eigenvalue weighted by molar-refractivity contribution is 1.13. The van der Waals surface area contributed by atoms with Crippen molar-refractivity contribution in [2.75, 3.05) is 0 Å². The van der Waals surface area contributed by atoms with Gasteiger partial charge in [-0.1, -0.05) is 23.2 Å². The summed E-state index contributed by atoms with van der Waals surface area (Å²) in [5, 5.41) is 0.508. The summed E-state index contributed by atoms with van der Waals surface area (Å²) < 4.78 is 1.74. The van der Waals surface area contributed by atoms with Gasteiger partial charge < -0.3 is 0 Å². The fourth-order valence-corrected chi connectivity index (χ4v) is 3.27. The summed E-state index contributed by atoms with van der Waals surface area (Å²) in [7, 11) is 0. The van der Waals surface area contributed by atoms with E-state index in [0.717, 1.165) is 14.6 Å². The third-order valence-electron chi connectivity index (χ3n) is 2.40. The number of thiophene rings is 1. The van der Waals surface area contributed by atoms with E-state index in [1.165, 1.54) is 36.1 Å². The average molecular weight is 245 g/mol. The lowest BCUT2D eigenvalue weighted by atomic mass is 10.2. The van der Waals surface area contributed by atoms with E-state index in [-0.39, 0.29) is 0 Å². The van der Waals surface area contributed by atoms with Gasteiger partial charge in [0.1, 0.15) is 11.5 Å².